The Morgan fingerprint density at radius 2 is 0.792 bits per heavy atom. The van der Waals surface area contributed by atoms with E-state index in [1.807, 2.05) is 0 Å². The molecule has 2 N–H and O–H groups in total. The number of ketones is 4. The van der Waals surface area contributed by atoms with Crippen molar-refractivity contribution in [2.24, 2.45) is 0 Å². The molecule has 0 amide bonds. The summed E-state index contributed by atoms with van der Waals surface area (Å²) in [6, 6.07) is 13.2. The molecular weight excluding hydrogens is 706 g/mol. The first-order valence-electron chi connectivity index (χ1n) is 12.2. The van der Waals surface area contributed by atoms with Gasteiger partial charge >= 0.3 is 11.0 Å². The third-order valence-corrected chi connectivity index (χ3v) is 6.89. The zero-order chi connectivity index (χ0) is 36.2. The summed E-state index contributed by atoms with van der Waals surface area (Å²) in [5, 5.41) is 0. The Bertz CT molecular complexity index is 1890. The van der Waals surface area contributed by atoms with E-state index in [-0.39, 0.29) is 0 Å². The summed E-state index contributed by atoms with van der Waals surface area (Å²) in [6.45, 7) is 0. The Morgan fingerprint density at radius 3 is 1.08 bits per heavy atom. The normalized spacial score (nSPS) is 13.5. The number of nitrogens with one attached hydrogen (secondary N) is 2. The van der Waals surface area contributed by atoms with Crippen LogP contribution in [0.3, 0.4) is 0 Å². The van der Waals surface area contributed by atoms with Crippen LogP contribution < -0.4 is 9.97 Å². The van der Waals surface area contributed by atoms with Gasteiger partial charge in [-0.15, -0.1) is 0 Å². The number of hydrogen-bond acceptors (Lipinski definition) is 12. The van der Waals surface area contributed by atoms with E-state index in [0.29, 0.717) is 45.0 Å². The van der Waals surface area contributed by atoms with Gasteiger partial charge in [-0.2, -0.15) is 26.3 Å². The zero-order valence-electron chi connectivity index (χ0n) is 23.0. The highest BCUT2D eigenvalue weighted by atomic mass is 32.2. The van der Waals surface area contributed by atoms with E-state index in [2.05, 4.69) is 19.9 Å². The number of pyridine rings is 4. The van der Waals surface area contributed by atoms with Crippen LogP contribution in [-0.2, 0) is 20.2 Å². The number of aromatic nitrogens is 4. The van der Waals surface area contributed by atoms with Gasteiger partial charge in [0.1, 0.15) is 22.5 Å². The van der Waals surface area contributed by atoms with E-state index < -0.39 is 54.4 Å². The SMILES string of the molecule is O=C1C(=O)c2ccc[nH+]c2-c2ncccc21.O=C1C(=O)c2ccc[nH+]c2-c2ncccc21.O=S(=O)([O-])C(F)(F)F.O=S(=O)([O-])C(F)(F)F. The van der Waals surface area contributed by atoms with Crippen LogP contribution in [0.5, 0.6) is 0 Å². The number of aromatic amines is 2. The van der Waals surface area contributed by atoms with Crippen LogP contribution in [0.25, 0.3) is 22.8 Å². The first kappa shape index (κ1) is 37.1. The minimum Gasteiger partial charge on any atom is -0.741 e. The molecule has 0 spiro atoms. The molecule has 0 atom stereocenters. The van der Waals surface area contributed by atoms with Crippen LogP contribution >= 0.6 is 0 Å². The summed E-state index contributed by atoms with van der Waals surface area (Å²) >= 11 is 0. The molecule has 0 aromatic carbocycles. The fraction of sp³-hybridized carbons (Fsp3) is 0.0769. The predicted octanol–water partition coefficient (Wildman–Crippen LogP) is 1.99. The summed E-state index contributed by atoms with van der Waals surface area (Å²) in [7, 11) is -12.2. The molecule has 4 aromatic rings. The molecule has 4 heterocycles. The Balaban J connectivity index is 0.000000184. The molecular formula is C26H14F6N4O10S2. The number of nitrogens with zero attached hydrogens (tertiary/aromatic N) is 2. The van der Waals surface area contributed by atoms with Gasteiger partial charge < -0.3 is 9.11 Å². The molecule has 22 heteroatoms. The number of H-pyrrole nitrogens is 2. The lowest BCUT2D eigenvalue weighted by Gasteiger charge is -2.10. The second kappa shape index (κ2) is 13.8. The summed E-state index contributed by atoms with van der Waals surface area (Å²) in [4.78, 5) is 61.3. The fourth-order valence-electron chi connectivity index (χ4n) is 3.71. The minimum atomic E-state index is -6.09. The second-order valence-electron chi connectivity index (χ2n) is 8.83. The highest BCUT2D eigenvalue weighted by Gasteiger charge is 2.38. The molecule has 14 nitrogen and oxygen atoms in total. The van der Waals surface area contributed by atoms with Crippen molar-refractivity contribution in [2.75, 3.05) is 0 Å². The van der Waals surface area contributed by atoms with E-state index in [9.17, 15) is 45.5 Å². The largest absolute Gasteiger partial charge is 0.741 e. The van der Waals surface area contributed by atoms with Gasteiger partial charge in [-0.05, 0) is 36.4 Å². The van der Waals surface area contributed by atoms with Gasteiger partial charge in [0.2, 0.25) is 34.5 Å². The van der Waals surface area contributed by atoms with Gasteiger partial charge in [-0.25, -0.2) is 36.8 Å². The first-order valence-corrected chi connectivity index (χ1v) is 15.0. The topological polar surface area (TPSA) is 237 Å². The van der Waals surface area contributed by atoms with Gasteiger partial charge in [0.15, 0.2) is 32.6 Å². The lowest BCUT2D eigenvalue weighted by Crippen LogP contribution is -2.26. The van der Waals surface area contributed by atoms with Crippen LogP contribution in [0.2, 0.25) is 0 Å². The third kappa shape index (κ3) is 8.14. The number of carbonyl (C=O) groups excluding carboxylic acids is 4. The van der Waals surface area contributed by atoms with Gasteiger partial charge in [0, 0.05) is 24.5 Å². The smallest absolute Gasteiger partial charge is 0.485 e. The quantitative estimate of drug-likeness (QED) is 0.110. The van der Waals surface area contributed by atoms with Gasteiger partial charge in [-0.3, -0.25) is 19.2 Å². The summed E-state index contributed by atoms with van der Waals surface area (Å²) < 4.78 is 118. The van der Waals surface area contributed by atoms with Crippen molar-refractivity contribution in [3.05, 3.63) is 95.6 Å². The highest BCUT2D eigenvalue weighted by Crippen LogP contribution is 2.28. The lowest BCUT2D eigenvalue weighted by atomic mass is 9.91. The third-order valence-electron chi connectivity index (χ3n) is 5.76. The predicted molar refractivity (Wildman–Crippen MR) is 141 cm³/mol. The molecule has 0 bridgehead atoms. The molecule has 0 saturated carbocycles. The van der Waals surface area contributed by atoms with Crippen molar-refractivity contribution in [3.63, 3.8) is 0 Å². The van der Waals surface area contributed by atoms with Crippen LogP contribution in [0.15, 0.2) is 73.3 Å². The minimum absolute atomic E-state index is 0.363. The van der Waals surface area contributed by atoms with Crippen molar-refractivity contribution < 1.29 is 81.4 Å². The van der Waals surface area contributed by atoms with Crippen LogP contribution in [0, 0.1) is 0 Å². The Labute approximate surface area is 264 Å². The molecule has 0 unspecified atom stereocenters. The Kier molecular flexibility index (Phi) is 10.7. The molecule has 0 fully saturated rings. The van der Waals surface area contributed by atoms with E-state index in [0.717, 1.165) is 0 Å². The van der Waals surface area contributed by atoms with Gasteiger partial charge in [-0.1, -0.05) is 0 Å². The maximum absolute atomic E-state index is 11.8. The zero-order valence-corrected chi connectivity index (χ0v) is 24.6. The fourth-order valence-corrected chi connectivity index (χ4v) is 3.71. The standard InChI is InChI=1S/2C12H6N2O2.2CHF3O3S/c2*15-11-7-3-1-5-13-9(7)10-8(12(11)16)4-2-6-14-10;2*2-1(3,4)8(5,6)7/h2*1-6H;2*(H,5,6,7). The Hall–Kier alpha value is -5.32. The number of carbonyl (C=O) groups is 4. The van der Waals surface area contributed by atoms with E-state index in [1.54, 1.807) is 73.3 Å². The molecule has 0 saturated heterocycles. The van der Waals surface area contributed by atoms with Crippen molar-refractivity contribution in [3.8, 4) is 22.8 Å². The number of hydrogen-bond donors (Lipinski definition) is 0. The lowest BCUT2D eigenvalue weighted by molar-refractivity contribution is -0.365. The monoisotopic (exact) mass is 720 g/mol. The van der Waals surface area contributed by atoms with Crippen LogP contribution in [-0.4, -0.2) is 70.1 Å². The average Bonchev–Trinajstić information content (AvgIpc) is 3.01. The van der Waals surface area contributed by atoms with Crippen molar-refractivity contribution in [1.82, 2.24) is 9.97 Å². The number of alkyl halides is 6. The van der Waals surface area contributed by atoms with Crippen LogP contribution in [0.4, 0.5) is 26.3 Å². The average molecular weight is 721 g/mol. The Morgan fingerprint density at radius 1 is 0.521 bits per heavy atom. The molecule has 4 aromatic heterocycles. The first-order chi connectivity index (χ1) is 22.1. The van der Waals surface area contributed by atoms with Crippen molar-refractivity contribution in [2.45, 2.75) is 11.0 Å². The number of halogens is 6. The van der Waals surface area contributed by atoms with E-state index in [1.165, 1.54) is 0 Å². The molecule has 48 heavy (non-hydrogen) atoms. The van der Waals surface area contributed by atoms with Crippen molar-refractivity contribution >= 4 is 43.4 Å². The summed E-state index contributed by atoms with van der Waals surface area (Å²) in [6.07, 6.45) is 6.62. The summed E-state index contributed by atoms with van der Waals surface area (Å²) in [5.74, 6) is -1.94. The highest BCUT2D eigenvalue weighted by molar-refractivity contribution is 7.86. The van der Waals surface area contributed by atoms with Gasteiger partial charge in [0.05, 0.1) is 11.1 Å². The van der Waals surface area contributed by atoms with Crippen molar-refractivity contribution in [1.29, 1.82) is 0 Å². The number of Topliss-reactive ketones (excluding diaryl/α,β-unsaturated/α-hetero) is 4. The number of fused-ring (bicyclic) bond motifs is 6. The molecule has 6 rings (SSSR count). The maximum Gasteiger partial charge on any atom is 0.485 e. The number of rotatable bonds is 0. The second-order valence-corrected chi connectivity index (χ2v) is 11.6. The molecule has 0 aliphatic heterocycles. The maximum atomic E-state index is 11.8. The van der Waals surface area contributed by atoms with Gasteiger partial charge in [0.25, 0.3) is 0 Å². The van der Waals surface area contributed by atoms with Crippen LogP contribution in [0.1, 0.15) is 41.4 Å². The summed E-state index contributed by atoms with van der Waals surface area (Å²) in [5.41, 5.74) is -7.47. The van der Waals surface area contributed by atoms with E-state index >= 15 is 0 Å². The molecule has 2 aliphatic rings. The molecule has 2 aliphatic carbocycles. The van der Waals surface area contributed by atoms with E-state index in [4.69, 9.17) is 25.9 Å². The molecule has 252 valence electrons. The molecule has 0 radical (unpaired) electrons.